The smallest absolute Gasteiger partial charge is 0.395 e. The molecule has 0 bridgehead atoms. The second kappa shape index (κ2) is 6.90. The van der Waals surface area contributed by atoms with Crippen molar-refractivity contribution in [3.05, 3.63) is 60.2 Å². The highest BCUT2D eigenvalue weighted by molar-refractivity contribution is 5.72. The van der Waals surface area contributed by atoms with Crippen LogP contribution in [0.3, 0.4) is 0 Å². The van der Waals surface area contributed by atoms with Crippen molar-refractivity contribution in [3.8, 4) is 6.08 Å². The van der Waals surface area contributed by atoms with Crippen LogP contribution in [0.5, 0.6) is 6.08 Å². The van der Waals surface area contributed by atoms with Crippen LogP contribution in [0.4, 0.5) is 0 Å². The summed E-state index contributed by atoms with van der Waals surface area (Å²) in [4.78, 5) is 4.25. The predicted octanol–water partition coefficient (Wildman–Crippen LogP) is 3.39. The Hall–Kier alpha value is -2.33. The van der Waals surface area contributed by atoms with E-state index >= 15 is 0 Å². The summed E-state index contributed by atoms with van der Waals surface area (Å²) in [6, 6.07) is 18.1. The third-order valence-electron chi connectivity index (χ3n) is 3.23. The molecule has 0 aliphatic rings. The third kappa shape index (κ3) is 3.83. The summed E-state index contributed by atoms with van der Waals surface area (Å²) in [6.45, 7) is 1.30. The number of hydrogen-bond acceptors (Lipinski definition) is 4. The number of para-hydroxylation sites is 2. The van der Waals surface area contributed by atoms with Gasteiger partial charge in [0, 0.05) is 0 Å². The lowest BCUT2D eigenvalue weighted by molar-refractivity contribution is 0.215. The maximum Gasteiger partial charge on any atom is 0.395 e. The van der Waals surface area contributed by atoms with Crippen molar-refractivity contribution in [1.29, 1.82) is 0 Å². The van der Waals surface area contributed by atoms with Gasteiger partial charge in [0.25, 0.3) is 0 Å². The van der Waals surface area contributed by atoms with Crippen LogP contribution in [0.2, 0.25) is 0 Å². The van der Waals surface area contributed by atoms with Crippen LogP contribution in [0, 0.1) is 0 Å². The van der Waals surface area contributed by atoms with Gasteiger partial charge >= 0.3 is 6.08 Å². The molecule has 0 spiro atoms. The minimum absolute atomic E-state index is 0.312. The van der Waals surface area contributed by atoms with Crippen molar-refractivity contribution in [2.45, 2.75) is 12.8 Å². The number of rotatable bonds is 7. The zero-order valence-electron chi connectivity index (χ0n) is 11.8. The van der Waals surface area contributed by atoms with Crippen molar-refractivity contribution in [2.75, 3.05) is 13.3 Å². The Labute approximate surface area is 123 Å². The molecule has 0 saturated carbocycles. The Morgan fingerprint density at radius 3 is 2.67 bits per heavy atom. The molecule has 3 aromatic rings. The molecule has 0 atom stereocenters. The van der Waals surface area contributed by atoms with Gasteiger partial charge in [-0.25, -0.2) is 0 Å². The molecule has 4 heteroatoms. The van der Waals surface area contributed by atoms with Crippen molar-refractivity contribution < 1.29 is 9.15 Å². The SMILES string of the molecule is c1ccc(CCCNCOc2nc3ccccc3o2)cc1. The van der Waals surface area contributed by atoms with Gasteiger partial charge in [0.1, 0.15) is 12.2 Å². The van der Waals surface area contributed by atoms with Crippen molar-refractivity contribution in [3.63, 3.8) is 0 Å². The van der Waals surface area contributed by atoms with Gasteiger partial charge in [-0.15, -0.1) is 0 Å². The number of oxazole rings is 1. The number of aryl methyl sites for hydroxylation is 1. The van der Waals surface area contributed by atoms with E-state index in [9.17, 15) is 0 Å². The maximum absolute atomic E-state index is 5.47. The summed E-state index contributed by atoms with van der Waals surface area (Å²) in [5.74, 6) is 0. The van der Waals surface area contributed by atoms with Gasteiger partial charge in [-0.1, -0.05) is 42.5 Å². The van der Waals surface area contributed by atoms with Crippen LogP contribution in [0.15, 0.2) is 59.0 Å². The zero-order valence-corrected chi connectivity index (χ0v) is 11.8. The van der Waals surface area contributed by atoms with E-state index in [2.05, 4.69) is 34.6 Å². The van der Waals surface area contributed by atoms with E-state index < -0.39 is 0 Å². The molecular weight excluding hydrogens is 264 g/mol. The lowest BCUT2D eigenvalue weighted by atomic mass is 10.1. The van der Waals surface area contributed by atoms with Crippen LogP contribution in [-0.4, -0.2) is 18.3 Å². The largest absolute Gasteiger partial charge is 0.434 e. The molecule has 0 aliphatic heterocycles. The van der Waals surface area contributed by atoms with Crippen LogP contribution in [0.25, 0.3) is 11.1 Å². The highest BCUT2D eigenvalue weighted by Crippen LogP contribution is 2.19. The molecule has 1 N–H and O–H groups in total. The summed E-state index contributed by atoms with van der Waals surface area (Å²) in [6.07, 6.45) is 2.45. The first kappa shape index (κ1) is 13.6. The molecule has 108 valence electrons. The molecule has 0 unspecified atom stereocenters. The molecule has 1 aromatic heterocycles. The first-order valence-corrected chi connectivity index (χ1v) is 7.15. The van der Waals surface area contributed by atoms with Gasteiger partial charge in [-0.2, -0.15) is 4.98 Å². The third-order valence-corrected chi connectivity index (χ3v) is 3.23. The van der Waals surface area contributed by atoms with Gasteiger partial charge in [0.05, 0.1) is 0 Å². The Balaban J connectivity index is 1.36. The average Bonchev–Trinajstić information content (AvgIpc) is 2.94. The zero-order chi connectivity index (χ0) is 14.3. The summed E-state index contributed by atoms with van der Waals surface area (Å²) >= 11 is 0. The first-order chi connectivity index (χ1) is 10.4. The molecule has 3 rings (SSSR count). The van der Waals surface area contributed by atoms with Crippen LogP contribution < -0.4 is 10.1 Å². The number of nitrogens with one attached hydrogen (secondary N) is 1. The highest BCUT2D eigenvalue weighted by atomic mass is 16.6. The van der Waals surface area contributed by atoms with Crippen LogP contribution >= 0.6 is 0 Å². The monoisotopic (exact) mass is 282 g/mol. The number of hydrogen-bond donors (Lipinski definition) is 1. The van der Waals surface area contributed by atoms with Gasteiger partial charge in [0.2, 0.25) is 0 Å². The number of aromatic nitrogens is 1. The Morgan fingerprint density at radius 1 is 1.00 bits per heavy atom. The molecule has 2 aromatic carbocycles. The molecule has 4 nitrogen and oxygen atoms in total. The van der Waals surface area contributed by atoms with Crippen molar-refractivity contribution in [1.82, 2.24) is 10.3 Å². The van der Waals surface area contributed by atoms with Crippen LogP contribution in [-0.2, 0) is 6.42 Å². The molecule has 0 saturated heterocycles. The summed E-state index contributed by atoms with van der Waals surface area (Å²) in [7, 11) is 0. The Morgan fingerprint density at radius 2 is 1.81 bits per heavy atom. The van der Waals surface area contributed by atoms with E-state index in [1.807, 2.05) is 30.3 Å². The first-order valence-electron chi connectivity index (χ1n) is 7.15. The normalized spacial score (nSPS) is 10.9. The van der Waals surface area contributed by atoms with E-state index in [4.69, 9.17) is 9.15 Å². The molecule has 0 radical (unpaired) electrons. The van der Waals surface area contributed by atoms with E-state index in [1.54, 1.807) is 0 Å². The standard InChI is InChI=1S/C17H18N2O2/c1-2-7-14(8-3-1)9-6-12-18-13-20-17-19-15-10-4-5-11-16(15)21-17/h1-5,7-8,10-11,18H,6,9,12-13H2. The lowest BCUT2D eigenvalue weighted by Crippen LogP contribution is -2.21. The van der Waals surface area contributed by atoms with Gasteiger partial charge in [-0.05, 0) is 37.1 Å². The van der Waals surface area contributed by atoms with Crippen molar-refractivity contribution >= 4 is 11.1 Å². The molecule has 0 amide bonds. The van der Waals surface area contributed by atoms with Crippen molar-refractivity contribution in [2.24, 2.45) is 0 Å². The molecule has 0 aliphatic carbocycles. The molecule has 21 heavy (non-hydrogen) atoms. The fraction of sp³-hybridized carbons (Fsp3) is 0.235. The van der Waals surface area contributed by atoms with Gasteiger partial charge < -0.3 is 9.15 Å². The lowest BCUT2D eigenvalue weighted by Gasteiger charge is -2.04. The number of nitrogens with zero attached hydrogens (tertiary/aromatic N) is 1. The van der Waals surface area contributed by atoms with E-state index in [1.165, 1.54) is 5.56 Å². The van der Waals surface area contributed by atoms with E-state index in [0.29, 0.717) is 12.8 Å². The summed E-state index contributed by atoms with van der Waals surface area (Å²) < 4.78 is 10.9. The quantitative estimate of drug-likeness (QED) is 0.533. The van der Waals surface area contributed by atoms with E-state index in [-0.39, 0.29) is 0 Å². The minimum Gasteiger partial charge on any atom is -0.434 e. The number of benzene rings is 2. The van der Waals surface area contributed by atoms with Gasteiger partial charge in [0.15, 0.2) is 5.58 Å². The summed E-state index contributed by atoms with van der Waals surface area (Å²) in [5.41, 5.74) is 2.92. The fourth-order valence-electron chi connectivity index (χ4n) is 2.16. The molecule has 1 heterocycles. The Bertz CT molecular complexity index is 646. The topological polar surface area (TPSA) is 47.3 Å². The second-order valence-electron chi connectivity index (χ2n) is 4.83. The molecule has 0 fully saturated rings. The minimum atomic E-state index is 0.312. The van der Waals surface area contributed by atoms with Crippen LogP contribution in [0.1, 0.15) is 12.0 Å². The van der Waals surface area contributed by atoms with E-state index in [0.717, 1.165) is 30.5 Å². The maximum atomic E-state index is 5.47. The fourth-order valence-corrected chi connectivity index (χ4v) is 2.16. The average molecular weight is 282 g/mol. The molecular formula is C17H18N2O2. The highest BCUT2D eigenvalue weighted by Gasteiger charge is 2.04. The number of fused-ring (bicyclic) bond motifs is 1. The summed E-state index contributed by atoms with van der Waals surface area (Å²) in [5, 5.41) is 3.23. The van der Waals surface area contributed by atoms with Gasteiger partial charge in [-0.3, -0.25) is 5.32 Å². The second-order valence-corrected chi connectivity index (χ2v) is 4.83. The Kier molecular flexibility index (Phi) is 4.49. The predicted molar refractivity (Wildman–Crippen MR) is 82.3 cm³/mol. The number of ether oxygens (including phenoxy) is 1.